The molecule has 0 radical (unpaired) electrons. The van der Waals surface area contributed by atoms with E-state index in [2.05, 4.69) is 10.3 Å². The lowest BCUT2D eigenvalue weighted by Crippen LogP contribution is -2.00. The Morgan fingerprint density at radius 3 is 2.55 bits per heavy atom. The fraction of sp³-hybridized carbons (Fsp3) is 0.133. The SMILES string of the molecule is Cc1cccc(C)c1Nc1cnc2c(F)cc(F)cn12. The van der Waals surface area contributed by atoms with Crippen molar-refractivity contribution in [3.63, 3.8) is 0 Å². The van der Waals surface area contributed by atoms with Crippen LogP contribution in [-0.2, 0) is 0 Å². The number of halogens is 2. The van der Waals surface area contributed by atoms with Gasteiger partial charge >= 0.3 is 0 Å². The molecule has 0 unspecified atom stereocenters. The van der Waals surface area contributed by atoms with Crippen LogP contribution < -0.4 is 5.32 Å². The molecule has 0 fully saturated rings. The number of pyridine rings is 1. The Kier molecular flexibility index (Phi) is 2.89. The van der Waals surface area contributed by atoms with Crippen LogP contribution in [0.5, 0.6) is 0 Å². The molecular formula is C15H13F2N3. The summed E-state index contributed by atoms with van der Waals surface area (Å²) < 4.78 is 28.3. The van der Waals surface area contributed by atoms with Gasteiger partial charge in [-0.05, 0) is 25.0 Å². The van der Waals surface area contributed by atoms with Gasteiger partial charge in [-0.1, -0.05) is 18.2 Å². The number of rotatable bonds is 2. The number of nitrogens with one attached hydrogen (secondary N) is 1. The molecule has 0 saturated heterocycles. The Labute approximate surface area is 114 Å². The first-order valence-electron chi connectivity index (χ1n) is 6.21. The van der Waals surface area contributed by atoms with Crippen LogP contribution in [-0.4, -0.2) is 9.38 Å². The zero-order chi connectivity index (χ0) is 14.3. The molecule has 3 rings (SSSR count). The predicted molar refractivity (Wildman–Crippen MR) is 74.3 cm³/mol. The molecule has 2 aromatic heterocycles. The normalized spacial score (nSPS) is 11.0. The summed E-state index contributed by atoms with van der Waals surface area (Å²) in [6.07, 6.45) is 2.70. The lowest BCUT2D eigenvalue weighted by Gasteiger charge is -2.12. The topological polar surface area (TPSA) is 29.3 Å². The largest absolute Gasteiger partial charge is 0.340 e. The van der Waals surface area contributed by atoms with Crippen molar-refractivity contribution in [1.29, 1.82) is 0 Å². The first-order chi connectivity index (χ1) is 9.56. The van der Waals surface area contributed by atoms with E-state index in [0.717, 1.165) is 22.9 Å². The number of para-hydroxylation sites is 1. The second-order valence-electron chi connectivity index (χ2n) is 4.74. The summed E-state index contributed by atoms with van der Waals surface area (Å²) in [5.41, 5.74) is 3.12. The van der Waals surface area contributed by atoms with Crippen molar-refractivity contribution in [2.24, 2.45) is 0 Å². The second-order valence-corrected chi connectivity index (χ2v) is 4.74. The maximum Gasteiger partial charge on any atom is 0.175 e. The number of aromatic nitrogens is 2. The lowest BCUT2D eigenvalue weighted by molar-refractivity contribution is 0.577. The van der Waals surface area contributed by atoms with Crippen molar-refractivity contribution in [3.05, 3.63) is 59.4 Å². The van der Waals surface area contributed by atoms with Crippen LogP contribution in [0.3, 0.4) is 0 Å². The van der Waals surface area contributed by atoms with E-state index < -0.39 is 11.6 Å². The number of hydrogen-bond donors (Lipinski definition) is 1. The molecule has 1 N–H and O–H groups in total. The summed E-state index contributed by atoms with van der Waals surface area (Å²) in [6, 6.07) is 6.73. The minimum atomic E-state index is -0.681. The molecule has 3 aromatic rings. The zero-order valence-corrected chi connectivity index (χ0v) is 11.1. The van der Waals surface area contributed by atoms with E-state index in [0.29, 0.717) is 5.82 Å². The average molecular weight is 273 g/mol. The number of anilines is 2. The van der Waals surface area contributed by atoms with Crippen LogP contribution in [0.4, 0.5) is 20.3 Å². The Morgan fingerprint density at radius 1 is 1.15 bits per heavy atom. The molecule has 2 heterocycles. The van der Waals surface area contributed by atoms with Crippen molar-refractivity contribution in [2.75, 3.05) is 5.32 Å². The van der Waals surface area contributed by atoms with Crippen molar-refractivity contribution in [2.45, 2.75) is 13.8 Å². The molecule has 102 valence electrons. The van der Waals surface area contributed by atoms with Crippen LogP contribution >= 0.6 is 0 Å². The minimum Gasteiger partial charge on any atom is -0.340 e. The van der Waals surface area contributed by atoms with E-state index in [4.69, 9.17) is 0 Å². The van der Waals surface area contributed by atoms with Crippen molar-refractivity contribution in [1.82, 2.24) is 9.38 Å². The van der Waals surface area contributed by atoms with Gasteiger partial charge in [0.1, 0.15) is 11.6 Å². The van der Waals surface area contributed by atoms with Crippen molar-refractivity contribution >= 4 is 17.2 Å². The van der Waals surface area contributed by atoms with E-state index in [9.17, 15) is 8.78 Å². The quantitative estimate of drug-likeness (QED) is 0.765. The van der Waals surface area contributed by atoms with Crippen LogP contribution in [0.1, 0.15) is 11.1 Å². The summed E-state index contributed by atoms with van der Waals surface area (Å²) in [5.74, 6) is -0.798. The molecule has 3 nitrogen and oxygen atoms in total. The summed E-state index contributed by atoms with van der Waals surface area (Å²) in [7, 11) is 0. The molecule has 0 aliphatic heterocycles. The Morgan fingerprint density at radius 2 is 1.85 bits per heavy atom. The summed E-state index contributed by atoms with van der Waals surface area (Å²) in [5, 5.41) is 3.19. The molecular weight excluding hydrogens is 260 g/mol. The number of fused-ring (bicyclic) bond motifs is 1. The first kappa shape index (κ1) is 12.6. The van der Waals surface area contributed by atoms with E-state index in [1.54, 1.807) is 0 Å². The van der Waals surface area contributed by atoms with Gasteiger partial charge in [0.2, 0.25) is 0 Å². The Balaban J connectivity index is 2.12. The van der Waals surface area contributed by atoms with Gasteiger partial charge in [-0.3, -0.25) is 4.40 Å². The van der Waals surface area contributed by atoms with Crippen molar-refractivity contribution < 1.29 is 8.78 Å². The highest BCUT2D eigenvalue weighted by molar-refractivity contribution is 5.66. The second kappa shape index (κ2) is 4.59. The van der Waals surface area contributed by atoms with Gasteiger partial charge in [0.25, 0.3) is 0 Å². The highest BCUT2D eigenvalue weighted by atomic mass is 19.1. The fourth-order valence-electron chi connectivity index (χ4n) is 2.25. The summed E-state index contributed by atoms with van der Waals surface area (Å²) >= 11 is 0. The molecule has 5 heteroatoms. The van der Waals surface area contributed by atoms with Crippen molar-refractivity contribution in [3.8, 4) is 0 Å². The van der Waals surface area contributed by atoms with Gasteiger partial charge in [-0.2, -0.15) is 0 Å². The molecule has 20 heavy (non-hydrogen) atoms. The van der Waals surface area contributed by atoms with Crippen LogP contribution in [0.25, 0.3) is 5.65 Å². The van der Waals surface area contributed by atoms with E-state index in [1.165, 1.54) is 16.8 Å². The minimum absolute atomic E-state index is 0.0973. The Hall–Kier alpha value is -2.43. The molecule has 0 aliphatic rings. The molecule has 0 amide bonds. The maximum atomic E-state index is 13.6. The van der Waals surface area contributed by atoms with Gasteiger partial charge in [0.05, 0.1) is 6.20 Å². The number of benzene rings is 1. The maximum absolute atomic E-state index is 13.6. The highest BCUT2D eigenvalue weighted by Crippen LogP contribution is 2.25. The van der Waals surface area contributed by atoms with E-state index >= 15 is 0 Å². The summed E-state index contributed by atoms with van der Waals surface area (Å²) in [6.45, 7) is 3.94. The highest BCUT2D eigenvalue weighted by Gasteiger charge is 2.11. The van der Waals surface area contributed by atoms with E-state index in [-0.39, 0.29) is 5.65 Å². The predicted octanol–water partition coefficient (Wildman–Crippen LogP) is 3.97. The Bertz CT molecular complexity index is 773. The monoisotopic (exact) mass is 273 g/mol. The van der Waals surface area contributed by atoms with Gasteiger partial charge in [0, 0.05) is 18.0 Å². The number of imidazole rings is 1. The summed E-state index contributed by atoms with van der Waals surface area (Å²) in [4.78, 5) is 3.97. The zero-order valence-electron chi connectivity index (χ0n) is 11.1. The van der Waals surface area contributed by atoms with Crippen LogP contribution in [0.15, 0.2) is 36.7 Å². The standard InChI is InChI=1S/C15H13F2N3/c1-9-4-3-5-10(2)14(9)19-13-7-18-15-12(17)6-11(16)8-20(13)15/h3-8,19H,1-2H3. The average Bonchev–Trinajstić information content (AvgIpc) is 2.77. The molecule has 0 atom stereocenters. The number of nitrogens with zero attached hydrogens (tertiary/aromatic N) is 2. The number of aryl methyl sites for hydroxylation is 2. The van der Waals surface area contributed by atoms with Gasteiger partial charge < -0.3 is 5.32 Å². The molecule has 0 bridgehead atoms. The van der Waals surface area contributed by atoms with Crippen LogP contribution in [0.2, 0.25) is 0 Å². The molecule has 0 saturated carbocycles. The molecule has 0 aliphatic carbocycles. The molecule has 0 spiro atoms. The third-order valence-corrected chi connectivity index (χ3v) is 3.26. The van der Waals surface area contributed by atoms with Gasteiger partial charge in [0.15, 0.2) is 11.5 Å². The van der Waals surface area contributed by atoms with Gasteiger partial charge in [-0.25, -0.2) is 13.8 Å². The smallest absolute Gasteiger partial charge is 0.175 e. The van der Waals surface area contributed by atoms with E-state index in [1.807, 2.05) is 32.0 Å². The molecule has 1 aromatic carbocycles. The van der Waals surface area contributed by atoms with Gasteiger partial charge in [-0.15, -0.1) is 0 Å². The third kappa shape index (κ3) is 2.01. The van der Waals surface area contributed by atoms with Crippen LogP contribution in [0, 0.1) is 25.5 Å². The first-order valence-corrected chi connectivity index (χ1v) is 6.21. The number of hydrogen-bond acceptors (Lipinski definition) is 2. The fourth-order valence-corrected chi connectivity index (χ4v) is 2.25. The lowest BCUT2D eigenvalue weighted by atomic mass is 10.1. The third-order valence-electron chi connectivity index (χ3n) is 3.26.